The number of urea groups is 1. The fraction of sp³-hybridized carbons (Fsp3) is 0.250. The number of amides is 4. The topological polar surface area (TPSA) is 85.0 Å². The van der Waals surface area contributed by atoms with Crippen molar-refractivity contribution in [1.29, 1.82) is 0 Å². The van der Waals surface area contributed by atoms with Crippen LogP contribution in [0.1, 0.15) is 5.56 Å². The van der Waals surface area contributed by atoms with E-state index in [-0.39, 0.29) is 30.8 Å². The average molecular weight is 554 g/mol. The molecule has 0 aliphatic carbocycles. The van der Waals surface area contributed by atoms with Crippen LogP contribution < -0.4 is 15.5 Å². The van der Waals surface area contributed by atoms with Crippen LogP contribution >= 0.6 is 23.2 Å². The molecule has 0 bridgehead atoms. The zero-order chi connectivity index (χ0) is 27.1. The lowest BCUT2D eigenvalue weighted by atomic mass is 10.1. The highest BCUT2D eigenvalue weighted by Crippen LogP contribution is 2.30. The second-order valence-electron chi connectivity index (χ2n) is 9.01. The number of hydrogen-bond donors (Lipinski definition) is 2. The Morgan fingerprint density at radius 1 is 0.816 bits per heavy atom. The molecule has 0 unspecified atom stereocenters. The number of nitrogens with zero attached hydrogens (tertiary/aromatic N) is 3. The van der Waals surface area contributed by atoms with Gasteiger partial charge in [-0.15, -0.1) is 0 Å². The summed E-state index contributed by atoms with van der Waals surface area (Å²) in [6, 6.07) is 21.8. The Balaban J connectivity index is 1.23. The van der Waals surface area contributed by atoms with Crippen LogP contribution in [0.25, 0.3) is 0 Å². The van der Waals surface area contributed by atoms with Crippen molar-refractivity contribution in [1.82, 2.24) is 9.80 Å². The lowest BCUT2D eigenvalue weighted by Crippen LogP contribution is -2.50. The van der Waals surface area contributed by atoms with Gasteiger partial charge >= 0.3 is 6.03 Å². The number of benzene rings is 3. The maximum atomic E-state index is 12.7. The van der Waals surface area contributed by atoms with Gasteiger partial charge in [-0.3, -0.25) is 9.59 Å². The number of rotatable bonds is 7. The minimum atomic E-state index is -0.264. The van der Waals surface area contributed by atoms with E-state index in [4.69, 9.17) is 23.2 Å². The van der Waals surface area contributed by atoms with Gasteiger partial charge in [0.2, 0.25) is 11.8 Å². The van der Waals surface area contributed by atoms with Crippen LogP contribution in [0.3, 0.4) is 0 Å². The quantitative estimate of drug-likeness (QED) is 0.431. The first kappa shape index (κ1) is 27.3. The highest BCUT2D eigenvalue weighted by molar-refractivity contribution is 6.39. The van der Waals surface area contributed by atoms with E-state index in [1.165, 1.54) is 4.90 Å². The highest BCUT2D eigenvalue weighted by Gasteiger charge is 2.22. The van der Waals surface area contributed by atoms with Gasteiger partial charge in [0.1, 0.15) is 0 Å². The Bertz CT molecular complexity index is 1260. The third-order valence-corrected chi connectivity index (χ3v) is 6.91. The molecule has 0 spiro atoms. The monoisotopic (exact) mass is 553 g/mol. The minimum Gasteiger partial charge on any atom is -0.368 e. The largest absolute Gasteiger partial charge is 0.368 e. The molecule has 1 saturated heterocycles. The van der Waals surface area contributed by atoms with Crippen LogP contribution in [-0.4, -0.2) is 67.4 Å². The lowest BCUT2D eigenvalue weighted by molar-refractivity contribution is -0.132. The van der Waals surface area contributed by atoms with Crippen LogP contribution in [0, 0.1) is 0 Å². The number of nitrogens with one attached hydrogen (secondary N) is 2. The Morgan fingerprint density at radius 3 is 2.08 bits per heavy atom. The summed E-state index contributed by atoms with van der Waals surface area (Å²) in [7, 11) is 1.62. The maximum absolute atomic E-state index is 12.7. The molecule has 0 aromatic heterocycles. The predicted molar refractivity (Wildman–Crippen MR) is 152 cm³/mol. The van der Waals surface area contributed by atoms with Crippen molar-refractivity contribution >= 4 is 58.1 Å². The van der Waals surface area contributed by atoms with Crippen molar-refractivity contribution in [3.8, 4) is 0 Å². The number of likely N-dealkylation sites (N-methyl/N-ethyl adjacent to an activating group) is 1. The van der Waals surface area contributed by atoms with E-state index in [9.17, 15) is 14.4 Å². The summed E-state index contributed by atoms with van der Waals surface area (Å²) in [5.74, 6) is -0.385. The van der Waals surface area contributed by atoms with Crippen LogP contribution in [-0.2, 0) is 16.0 Å². The molecule has 1 aliphatic rings. The van der Waals surface area contributed by atoms with Crippen molar-refractivity contribution in [3.05, 3.63) is 88.4 Å². The fourth-order valence-electron chi connectivity index (χ4n) is 4.14. The first-order valence-electron chi connectivity index (χ1n) is 12.2. The van der Waals surface area contributed by atoms with Gasteiger partial charge in [-0.25, -0.2) is 4.79 Å². The zero-order valence-electron chi connectivity index (χ0n) is 21.0. The molecule has 1 aliphatic heterocycles. The number of anilines is 3. The Labute approximate surface area is 232 Å². The molecule has 10 heteroatoms. The predicted octanol–water partition coefficient (Wildman–Crippen LogP) is 4.99. The molecular weight excluding hydrogens is 525 g/mol. The summed E-state index contributed by atoms with van der Waals surface area (Å²) >= 11 is 12.3. The summed E-state index contributed by atoms with van der Waals surface area (Å²) in [5, 5.41) is 6.42. The van der Waals surface area contributed by atoms with Crippen LogP contribution in [0.2, 0.25) is 10.0 Å². The van der Waals surface area contributed by atoms with Gasteiger partial charge in [0.15, 0.2) is 0 Å². The molecule has 1 heterocycles. The van der Waals surface area contributed by atoms with E-state index < -0.39 is 0 Å². The maximum Gasteiger partial charge on any atom is 0.322 e. The highest BCUT2D eigenvalue weighted by atomic mass is 35.5. The number of piperazine rings is 1. The van der Waals surface area contributed by atoms with Gasteiger partial charge in [0, 0.05) is 44.6 Å². The second kappa shape index (κ2) is 12.7. The number of hydrogen-bond acceptors (Lipinski definition) is 4. The SMILES string of the molecule is CN(CC(=O)Nc1ccc(N2CCN(C(=O)Nc3c(Cl)cccc3Cl)CC2)cc1)C(=O)Cc1ccccc1. The molecule has 8 nitrogen and oxygen atoms in total. The number of carbonyl (C=O) groups excluding carboxylic acids is 3. The van der Waals surface area contributed by atoms with Crippen LogP contribution in [0.4, 0.5) is 21.9 Å². The van der Waals surface area contributed by atoms with Crippen molar-refractivity contribution in [3.63, 3.8) is 0 Å². The Hall–Kier alpha value is -3.75. The van der Waals surface area contributed by atoms with E-state index in [1.54, 1.807) is 30.1 Å². The summed E-state index contributed by atoms with van der Waals surface area (Å²) in [6.07, 6.45) is 0.252. The molecule has 0 radical (unpaired) electrons. The number of halogens is 2. The molecule has 0 saturated carbocycles. The van der Waals surface area contributed by atoms with Crippen molar-refractivity contribution in [2.75, 3.05) is 55.3 Å². The molecule has 4 amide bonds. The van der Waals surface area contributed by atoms with E-state index >= 15 is 0 Å². The molecule has 4 rings (SSSR count). The van der Waals surface area contributed by atoms with E-state index in [2.05, 4.69) is 15.5 Å². The molecule has 198 valence electrons. The van der Waals surface area contributed by atoms with Crippen molar-refractivity contribution in [2.45, 2.75) is 6.42 Å². The minimum absolute atomic E-state index is 0.0309. The van der Waals surface area contributed by atoms with E-state index in [1.807, 2.05) is 54.6 Å². The van der Waals surface area contributed by atoms with Gasteiger partial charge in [0.25, 0.3) is 0 Å². The lowest BCUT2D eigenvalue weighted by Gasteiger charge is -2.36. The molecule has 38 heavy (non-hydrogen) atoms. The Morgan fingerprint density at radius 2 is 1.45 bits per heavy atom. The first-order valence-corrected chi connectivity index (χ1v) is 13.0. The molecule has 1 fully saturated rings. The van der Waals surface area contributed by atoms with Gasteiger partial charge in [-0.1, -0.05) is 59.6 Å². The summed E-state index contributed by atoms with van der Waals surface area (Å²) in [5.41, 5.74) is 2.96. The zero-order valence-corrected chi connectivity index (χ0v) is 22.5. The Kier molecular flexibility index (Phi) is 9.10. The van der Waals surface area contributed by atoms with Crippen molar-refractivity contribution in [2.24, 2.45) is 0 Å². The second-order valence-corrected chi connectivity index (χ2v) is 9.82. The standard InChI is InChI=1S/C28H29Cl2N5O3/c1-33(26(37)18-20-6-3-2-4-7-20)19-25(36)31-21-10-12-22(13-11-21)34-14-16-35(17-15-34)28(38)32-27-23(29)8-5-9-24(27)30/h2-13H,14-19H2,1H3,(H,31,36)(H,32,38). The fourth-order valence-corrected chi connectivity index (χ4v) is 4.63. The molecule has 0 atom stereocenters. The van der Waals surface area contributed by atoms with Crippen LogP contribution in [0.15, 0.2) is 72.8 Å². The number of carbonyl (C=O) groups is 3. The normalized spacial score (nSPS) is 13.1. The van der Waals surface area contributed by atoms with Gasteiger partial charge < -0.3 is 25.3 Å². The average Bonchev–Trinajstić information content (AvgIpc) is 2.92. The third-order valence-electron chi connectivity index (χ3n) is 6.28. The first-order chi connectivity index (χ1) is 18.3. The summed E-state index contributed by atoms with van der Waals surface area (Å²) in [6.45, 7) is 2.36. The van der Waals surface area contributed by atoms with Gasteiger partial charge in [-0.2, -0.15) is 0 Å². The summed E-state index contributed by atoms with van der Waals surface area (Å²) in [4.78, 5) is 42.9. The van der Waals surface area contributed by atoms with Crippen LogP contribution in [0.5, 0.6) is 0 Å². The van der Waals surface area contributed by atoms with E-state index in [0.29, 0.717) is 47.6 Å². The number of para-hydroxylation sites is 1. The third kappa shape index (κ3) is 7.18. The smallest absolute Gasteiger partial charge is 0.322 e. The van der Waals surface area contributed by atoms with Gasteiger partial charge in [-0.05, 0) is 42.0 Å². The molecular formula is C28H29Cl2N5O3. The molecule has 3 aromatic carbocycles. The van der Waals surface area contributed by atoms with Gasteiger partial charge in [0.05, 0.1) is 28.7 Å². The summed E-state index contributed by atoms with van der Waals surface area (Å²) < 4.78 is 0. The van der Waals surface area contributed by atoms with E-state index in [0.717, 1.165) is 11.3 Å². The molecule has 3 aromatic rings. The molecule has 2 N–H and O–H groups in total. The van der Waals surface area contributed by atoms with Crippen molar-refractivity contribution < 1.29 is 14.4 Å².